The molecular weight excluding hydrogens is 238 g/mol. The number of fused-ring (bicyclic) bond motifs is 3. The Balaban J connectivity index is 2.57. The van der Waals surface area contributed by atoms with Gasteiger partial charge in [0.05, 0.1) is 10.5 Å². The van der Waals surface area contributed by atoms with Crippen molar-refractivity contribution in [3.63, 3.8) is 0 Å². The molecule has 2 heterocycles. The normalized spacial score (nSPS) is 11.4. The largest absolute Gasteiger partial charge is 0.253 e. The molecule has 0 saturated carbocycles. The SMILES string of the molecule is Cc1ccc2c(ccc3sc(C)c(Cl)c32)n1. The van der Waals surface area contributed by atoms with E-state index in [1.165, 1.54) is 9.58 Å². The minimum absolute atomic E-state index is 0.872. The van der Waals surface area contributed by atoms with Crippen LogP contribution in [0.25, 0.3) is 21.0 Å². The minimum atomic E-state index is 0.872. The molecule has 0 aliphatic heterocycles. The van der Waals surface area contributed by atoms with Crippen molar-refractivity contribution in [2.24, 2.45) is 0 Å². The molecule has 0 unspecified atom stereocenters. The van der Waals surface area contributed by atoms with E-state index in [4.69, 9.17) is 11.6 Å². The summed E-state index contributed by atoms with van der Waals surface area (Å²) in [5.74, 6) is 0. The number of hydrogen-bond acceptors (Lipinski definition) is 2. The molecule has 0 amide bonds. The third-order valence-electron chi connectivity index (χ3n) is 2.76. The second kappa shape index (κ2) is 3.44. The maximum atomic E-state index is 6.34. The van der Waals surface area contributed by atoms with Crippen LogP contribution < -0.4 is 0 Å². The fourth-order valence-electron chi connectivity index (χ4n) is 1.98. The minimum Gasteiger partial charge on any atom is -0.253 e. The Morgan fingerprint density at radius 3 is 2.75 bits per heavy atom. The van der Waals surface area contributed by atoms with Gasteiger partial charge in [-0.25, -0.2) is 0 Å². The van der Waals surface area contributed by atoms with Gasteiger partial charge in [-0.1, -0.05) is 17.7 Å². The molecular formula is C13H10ClNS. The van der Waals surface area contributed by atoms with Gasteiger partial charge >= 0.3 is 0 Å². The average Bonchev–Trinajstić information content (AvgIpc) is 2.55. The van der Waals surface area contributed by atoms with Gasteiger partial charge in [0.2, 0.25) is 0 Å². The summed E-state index contributed by atoms with van der Waals surface area (Å²) in [4.78, 5) is 5.69. The van der Waals surface area contributed by atoms with E-state index in [0.717, 1.165) is 27.0 Å². The molecule has 16 heavy (non-hydrogen) atoms. The van der Waals surface area contributed by atoms with Crippen molar-refractivity contribution in [2.75, 3.05) is 0 Å². The van der Waals surface area contributed by atoms with Crippen molar-refractivity contribution in [3.05, 3.63) is 39.9 Å². The van der Waals surface area contributed by atoms with Crippen LogP contribution in [-0.2, 0) is 0 Å². The van der Waals surface area contributed by atoms with E-state index < -0.39 is 0 Å². The molecule has 0 saturated heterocycles. The van der Waals surface area contributed by atoms with Crippen molar-refractivity contribution >= 4 is 43.9 Å². The molecule has 0 bridgehead atoms. The van der Waals surface area contributed by atoms with E-state index in [9.17, 15) is 0 Å². The lowest BCUT2D eigenvalue weighted by atomic mass is 10.1. The molecule has 3 rings (SSSR count). The van der Waals surface area contributed by atoms with Crippen molar-refractivity contribution in [1.82, 2.24) is 4.98 Å². The fourth-order valence-corrected chi connectivity index (χ4v) is 3.33. The number of nitrogens with zero attached hydrogens (tertiary/aromatic N) is 1. The summed E-state index contributed by atoms with van der Waals surface area (Å²) in [5.41, 5.74) is 2.06. The maximum absolute atomic E-state index is 6.34. The molecule has 1 nitrogen and oxygen atoms in total. The molecule has 3 aromatic rings. The highest BCUT2D eigenvalue weighted by molar-refractivity contribution is 7.19. The second-order valence-corrected chi connectivity index (χ2v) is 5.56. The first kappa shape index (κ1) is 10.1. The Hall–Kier alpha value is -1.12. The Morgan fingerprint density at radius 1 is 1.12 bits per heavy atom. The van der Waals surface area contributed by atoms with Crippen LogP contribution in [0, 0.1) is 13.8 Å². The number of aryl methyl sites for hydroxylation is 2. The lowest BCUT2D eigenvalue weighted by Crippen LogP contribution is -1.82. The molecule has 0 spiro atoms. The zero-order valence-electron chi connectivity index (χ0n) is 9.04. The summed E-state index contributed by atoms with van der Waals surface area (Å²) in [5, 5.41) is 3.17. The zero-order valence-corrected chi connectivity index (χ0v) is 10.6. The Labute approximate surface area is 103 Å². The van der Waals surface area contributed by atoms with E-state index >= 15 is 0 Å². The summed E-state index contributed by atoms with van der Waals surface area (Å²) < 4.78 is 1.24. The Morgan fingerprint density at radius 2 is 1.94 bits per heavy atom. The van der Waals surface area contributed by atoms with E-state index in [1.807, 2.05) is 13.0 Å². The number of aromatic nitrogens is 1. The summed E-state index contributed by atoms with van der Waals surface area (Å²) >= 11 is 8.08. The first-order valence-electron chi connectivity index (χ1n) is 5.12. The van der Waals surface area contributed by atoms with Gasteiger partial charge in [0.25, 0.3) is 0 Å². The Kier molecular flexibility index (Phi) is 2.16. The van der Waals surface area contributed by atoms with Gasteiger partial charge < -0.3 is 0 Å². The third-order valence-corrected chi connectivity index (χ3v) is 4.42. The number of benzene rings is 1. The Bertz CT molecular complexity index is 700. The van der Waals surface area contributed by atoms with Crippen LogP contribution in [0.15, 0.2) is 24.3 Å². The van der Waals surface area contributed by atoms with Crippen molar-refractivity contribution in [3.8, 4) is 0 Å². The topological polar surface area (TPSA) is 12.9 Å². The molecule has 80 valence electrons. The van der Waals surface area contributed by atoms with Crippen LogP contribution in [0.5, 0.6) is 0 Å². The van der Waals surface area contributed by atoms with Gasteiger partial charge in [-0.15, -0.1) is 11.3 Å². The number of pyridine rings is 1. The molecule has 0 radical (unpaired) electrons. The zero-order chi connectivity index (χ0) is 11.3. The third kappa shape index (κ3) is 1.34. The molecule has 3 heteroatoms. The van der Waals surface area contributed by atoms with Crippen LogP contribution in [0.4, 0.5) is 0 Å². The smallest absolute Gasteiger partial charge is 0.0712 e. The van der Waals surface area contributed by atoms with Gasteiger partial charge in [0.1, 0.15) is 0 Å². The first-order chi connectivity index (χ1) is 7.66. The predicted molar refractivity (Wildman–Crippen MR) is 71.6 cm³/mol. The van der Waals surface area contributed by atoms with Crippen LogP contribution >= 0.6 is 22.9 Å². The summed E-state index contributed by atoms with van der Waals surface area (Å²) in [7, 11) is 0. The number of halogens is 1. The summed E-state index contributed by atoms with van der Waals surface area (Å²) in [6.07, 6.45) is 0. The van der Waals surface area contributed by atoms with Crippen molar-refractivity contribution in [1.29, 1.82) is 0 Å². The second-order valence-electron chi connectivity index (χ2n) is 3.93. The molecule has 2 aromatic heterocycles. The van der Waals surface area contributed by atoms with E-state index in [-0.39, 0.29) is 0 Å². The van der Waals surface area contributed by atoms with Gasteiger partial charge in [-0.3, -0.25) is 4.98 Å². The summed E-state index contributed by atoms with van der Waals surface area (Å²) in [6.45, 7) is 4.06. The van der Waals surface area contributed by atoms with Crippen molar-refractivity contribution < 1.29 is 0 Å². The average molecular weight is 248 g/mol. The van der Waals surface area contributed by atoms with Crippen LogP contribution in [0.1, 0.15) is 10.6 Å². The van der Waals surface area contributed by atoms with Crippen molar-refractivity contribution in [2.45, 2.75) is 13.8 Å². The molecule has 1 aromatic carbocycles. The summed E-state index contributed by atoms with van der Waals surface area (Å²) in [6, 6.07) is 8.31. The van der Waals surface area contributed by atoms with E-state index in [1.54, 1.807) is 11.3 Å². The number of rotatable bonds is 0. The highest BCUT2D eigenvalue weighted by Gasteiger charge is 2.10. The standard InChI is InChI=1S/C13H10ClNS/c1-7-3-4-9-10(15-7)5-6-11-12(9)13(14)8(2)16-11/h3-6H,1-2H3. The highest BCUT2D eigenvalue weighted by atomic mass is 35.5. The molecule has 0 aliphatic rings. The maximum Gasteiger partial charge on any atom is 0.0712 e. The molecule has 0 N–H and O–H groups in total. The first-order valence-corrected chi connectivity index (χ1v) is 6.31. The van der Waals surface area contributed by atoms with Crippen LogP contribution in [-0.4, -0.2) is 4.98 Å². The van der Waals surface area contributed by atoms with E-state index in [0.29, 0.717) is 0 Å². The lowest BCUT2D eigenvalue weighted by Gasteiger charge is -2.00. The van der Waals surface area contributed by atoms with Crippen LogP contribution in [0.2, 0.25) is 5.02 Å². The predicted octanol–water partition coefficient (Wildman–Crippen LogP) is 4.72. The van der Waals surface area contributed by atoms with Gasteiger partial charge in [0, 0.05) is 26.0 Å². The monoisotopic (exact) mass is 247 g/mol. The lowest BCUT2D eigenvalue weighted by molar-refractivity contribution is 1.26. The quantitative estimate of drug-likeness (QED) is 0.560. The van der Waals surface area contributed by atoms with E-state index in [2.05, 4.69) is 30.1 Å². The molecule has 0 fully saturated rings. The van der Waals surface area contributed by atoms with Gasteiger partial charge in [-0.05, 0) is 32.0 Å². The molecule has 0 aliphatic carbocycles. The number of thiophene rings is 1. The van der Waals surface area contributed by atoms with Gasteiger partial charge in [0.15, 0.2) is 0 Å². The highest BCUT2D eigenvalue weighted by Crippen LogP contribution is 2.38. The number of hydrogen-bond donors (Lipinski definition) is 0. The van der Waals surface area contributed by atoms with Gasteiger partial charge in [-0.2, -0.15) is 0 Å². The van der Waals surface area contributed by atoms with Crippen LogP contribution in [0.3, 0.4) is 0 Å². The molecule has 0 atom stereocenters. The fraction of sp³-hybridized carbons (Fsp3) is 0.154.